The van der Waals surface area contributed by atoms with E-state index in [0.29, 0.717) is 21.3 Å². The molecular formula is C19H15ClF3N3O3S. The molecule has 0 atom stereocenters. The predicted molar refractivity (Wildman–Crippen MR) is 105 cm³/mol. The quantitative estimate of drug-likeness (QED) is 0.533. The Labute approximate surface area is 178 Å². The van der Waals surface area contributed by atoms with Gasteiger partial charge in [0.2, 0.25) is 5.88 Å². The summed E-state index contributed by atoms with van der Waals surface area (Å²) in [5, 5.41) is 5.35. The monoisotopic (exact) mass is 457 g/mol. The average molecular weight is 458 g/mol. The molecule has 0 radical (unpaired) electrons. The number of benzene rings is 1. The van der Waals surface area contributed by atoms with E-state index in [2.05, 4.69) is 15.3 Å². The first kappa shape index (κ1) is 21.8. The van der Waals surface area contributed by atoms with E-state index in [4.69, 9.17) is 21.1 Å². The lowest BCUT2D eigenvalue weighted by molar-refractivity contribution is -0.154. The van der Waals surface area contributed by atoms with E-state index in [1.807, 2.05) is 0 Å². The minimum Gasteiger partial charge on any atom is -0.486 e. The van der Waals surface area contributed by atoms with Gasteiger partial charge in [-0.05, 0) is 30.3 Å². The molecule has 0 aliphatic rings. The molecule has 0 saturated heterocycles. The number of hydrogen-bond donors (Lipinski definition) is 1. The Morgan fingerprint density at radius 2 is 1.93 bits per heavy atom. The fourth-order valence-electron chi connectivity index (χ4n) is 2.26. The van der Waals surface area contributed by atoms with Crippen LogP contribution < -0.4 is 14.8 Å². The molecule has 6 nitrogen and oxygen atoms in total. The van der Waals surface area contributed by atoms with Crippen molar-refractivity contribution in [3.05, 3.63) is 69.3 Å². The van der Waals surface area contributed by atoms with E-state index in [1.165, 1.54) is 29.7 Å². The fourth-order valence-corrected chi connectivity index (χ4v) is 3.07. The zero-order valence-electron chi connectivity index (χ0n) is 15.3. The average Bonchev–Trinajstić information content (AvgIpc) is 3.19. The molecule has 1 N–H and O–H groups in total. The first-order chi connectivity index (χ1) is 14.3. The molecule has 3 rings (SSSR count). The smallest absolute Gasteiger partial charge is 0.422 e. The molecule has 0 spiro atoms. The third kappa shape index (κ3) is 6.60. The highest BCUT2D eigenvalue weighted by Gasteiger charge is 2.29. The number of carbonyl (C=O) groups is 1. The Morgan fingerprint density at radius 3 is 2.67 bits per heavy atom. The van der Waals surface area contributed by atoms with Crippen LogP contribution in [0, 0.1) is 0 Å². The van der Waals surface area contributed by atoms with Crippen molar-refractivity contribution < 1.29 is 27.4 Å². The van der Waals surface area contributed by atoms with Gasteiger partial charge in [-0.25, -0.2) is 9.97 Å². The zero-order chi connectivity index (χ0) is 21.6. The summed E-state index contributed by atoms with van der Waals surface area (Å²) in [4.78, 5) is 20.3. The molecule has 0 aliphatic carbocycles. The molecule has 1 amide bonds. The normalized spacial score (nSPS) is 11.2. The van der Waals surface area contributed by atoms with Crippen LogP contribution in [0.4, 0.5) is 13.2 Å². The van der Waals surface area contributed by atoms with Gasteiger partial charge in [0.15, 0.2) is 6.61 Å². The van der Waals surface area contributed by atoms with E-state index < -0.39 is 18.7 Å². The van der Waals surface area contributed by atoms with E-state index in [0.717, 1.165) is 0 Å². The lowest BCUT2D eigenvalue weighted by Gasteiger charge is -2.12. The summed E-state index contributed by atoms with van der Waals surface area (Å²) >= 11 is 7.07. The lowest BCUT2D eigenvalue weighted by atomic mass is 10.2. The van der Waals surface area contributed by atoms with Crippen LogP contribution in [0.15, 0.2) is 48.0 Å². The van der Waals surface area contributed by atoms with Gasteiger partial charge in [-0.3, -0.25) is 4.79 Å². The molecule has 11 heteroatoms. The minimum absolute atomic E-state index is 0.0615. The number of aromatic nitrogens is 2. The number of halogens is 4. The van der Waals surface area contributed by atoms with Crippen molar-refractivity contribution >= 4 is 28.8 Å². The number of nitrogens with zero attached hydrogens (tertiary/aromatic N) is 2. The Kier molecular flexibility index (Phi) is 7.11. The van der Waals surface area contributed by atoms with Crippen molar-refractivity contribution in [3.63, 3.8) is 0 Å². The second kappa shape index (κ2) is 9.77. The second-order valence-corrected chi connectivity index (χ2v) is 7.30. The lowest BCUT2D eigenvalue weighted by Crippen LogP contribution is -2.25. The predicted octanol–water partition coefficient (Wildman–Crippen LogP) is 4.64. The molecule has 158 valence electrons. The van der Waals surface area contributed by atoms with Gasteiger partial charge < -0.3 is 14.8 Å². The number of pyridine rings is 1. The van der Waals surface area contributed by atoms with Crippen molar-refractivity contribution in [2.24, 2.45) is 0 Å². The standard InChI is InChI=1S/C19H15ClF3N3O3S/c20-13-3-5-14(6-4-13)28-9-16-26-15(10-30-16)17(27)25-8-12-2-1-7-24-18(12)29-11-19(21,22)23/h1-7,10H,8-9,11H2,(H,25,27). The van der Waals surface area contributed by atoms with Crippen LogP contribution in [-0.4, -0.2) is 28.7 Å². The molecule has 0 unspecified atom stereocenters. The topological polar surface area (TPSA) is 73.3 Å². The van der Waals surface area contributed by atoms with E-state index in [-0.39, 0.29) is 24.7 Å². The number of rotatable bonds is 8. The van der Waals surface area contributed by atoms with Gasteiger partial charge in [0, 0.05) is 28.7 Å². The van der Waals surface area contributed by atoms with E-state index in [1.54, 1.807) is 29.6 Å². The van der Waals surface area contributed by atoms with Gasteiger partial charge in [-0.15, -0.1) is 11.3 Å². The summed E-state index contributed by atoms with van der Waals surface area (Å²) < 4.78 is 47.3. The maximum Gasteiger partial charge on any atom is 0.422 e. The Balaban J connectivity index is 1.54. The molecule has 0 saturated carbocycles. The first-order valence-corrected chi connectivity index (χ1v) is 9.80. The number of nitrogens with one attached hydrogen (secondary N) is 1. The highest BCUT2D eigenvalue weighted by Crippen LogP contribution is 2.21. The third-order valence-electron chi connectivity index (χ3n) is 3.62. The van der Waals surface area contributed by atoms with Crippen molar-refractivity contribution in [1.82, 2.24) is 15.3 Å². The highest BCUT2D eigenvalue weighted by atomic mass is 35.5. The van der Waals surface area contributed by atoms with Crippen LogP contribution in [0.25, 0.3) is 0 Å². The summed E-state index contributed by atoms with van der Waals surface area (Å²) in [5.74, 6) is -0.0522. The maximum absolute atomic E-state index is 12.4. The number of thiazole rings is 1. The van der Waals surface area contributed by atoms with Gasteiger partial charge >= 0.3 is 6.18 Å². The Morgan fingerprint density at radius 1 is 1.17 bits per heavy atom. The molecular weight excluding hydrogens is 443 g/mol. The molecule has 1 aromatic carbocycles. The molecule has 2 aromatic heterocycles. The molecule has 0 aliphatic heterocycles. The van der Waals surface area contributed by atoms with Crippen molar-refractivity contribution in [3.8, 4) is 11.6 Å². The highest BCUT2D eigenvalue weighted by molar-refractivity contribution is 7.09. The molecule has 0 fully saturated rings. The van der Waals surface area contributed by atoms with Gasteiger partial charge in [0.1, 0.15) is 23.1 Å². The van der Waals surface area contributed by atoms with Gasteiger partial charge in [0.25, 0.3) is 5.91 Å². The Hall–Kier alpha value is -2.85. The van der Waals surface area contributed by atoms with Crippen molar-refractivity contribution in [2.75, 3.05) is 6.61 Å². The van der Waals surface area contributed by atoms with E-state index in [9.17, 15) is 18.0 Å². The minimum atomic E-state index is -4.48. The number of hydrogen-bond acceptors (Lipinski definition) is 6. The van der Waals surface area contributed by atoms with Crippen molar-refractivity contribution in [2.45, 2.75) is 19.3 Å². The SMILES string of the molecule is O=C(NCc1cccnc1OCC(F)(F)F)c1csc(COc2ccc(Cl)cc2)n1. The van der Waals surface area contributed by atoms with Crippen LogP contribution in [0.2, 0.25) is 5.02 Å². The van der Waals surface area contributed by atoms with Crippen LogP contribution >= 0.6 is 22.9 Å². The van der Waals surface area contributed by atoms with Gasteiger partial charge in [0.05, 0.1) is 0 Å². The third-order valence-corrected chi connectivity index (χ3v) is 4.70. The summed E-state index contributed by atoms with van der Waals surface area (Å²) in [7, 11) is 0. The largest absolute Gasteiger partial charge is 0.486 e. The number of amides is 1. The van der Waals surface area contributed by atoms with Gasteiger partial charge in [-0.2, -0.15) is 13.2 Å². The summed E-state index contributed by atoms with van der Waals surface area (Å²) in [6.07, 6.45) is -3.17. The summed E-state index contributed by atoms with van der Waals surface area (Å²) in [6, 6.07) is 9.89. The van der Waals surface area contributed by atoms with Crippen LogP contribution in [0.5, 0.6) is 11.6 Å². The summed E-state index contributed by atoms with van der Waals surface area (Å²) in [6.45, 7) is -1.35. The molecule has 3 aromatic rings. The van der Waals surface area contributed by atoms with Crippen LogP contribution in [0.1, 0.15) is 21.1 Å². The van der Waals surface area contributed by atoms with Crippen molar-refractivity contribution in [1.29, 1.82) is 0 Å². The zero-order valence-corrected chi connectivity index (χ0v) is 16.9. The molecule has 2 heterocycles. The molecule has 0 bridgehead atoms. The number of ether oxygens (including phenoxy) is 2. The maximum atomic E-state index is 12.4. The number of alkyl halides is 3. The fraction of sp³-hybridized carbons (Fsp3) is 0.211. The number of carbonyl (C=O) groups excluding carboxylic acids is 1. The van der Waals surface area contributed by atoms with Crippen LogP contribution in [0.3, 0.4) is 0 Å². The second-order valence-electron chi connectivity index (χ2n) is 5.92. The first-order valence-electron chi connectivity index (χ1n) is 8.54. The Bertz CT molecular complexity index is 996. The van der Waals surface area contributed by atoms with Gasteiger partial charge in [-0.1, -0.05) is 17.7 Å². The summed E-state index contributed by atoms with van der Waals surface area (Å²) in [5.41, 5.74) is 0.494. The van der Waals surface area contributed by atoms with E-state index >= 15 is 0 Å². The molecule has 30 heavy (non-hydrogen) atoms. The van der Waals surface area contributed by atoms with Crippen LogP contribution in [-0.2, 0) is 13.2 Å².